The topological polar surface area (TPSA) is 35.5 Å². The van der Waals surface area contributed by atoms with Gasteiger partial charge in [0.2, 0.25) is 0 Å². The lowest BCUT2D eigenvalue weighted by atomic mass is 9.78. The number of hydrogen-bond donors (Lipinski definition) is 0. The van der Waals surface area contributed by atoms with Gasteiger partial charge in [0.05, 0.1) is 11.2 Å². The first-order valence-corrected chi connectivity index (χ1v) is 9.31. The monoisotopic (exact) mass is 350 g/mol. The highest BCUT2D eigenvalue weighted by atomic mass is 16.7. The van der Waals surface area contributed by atoms with Crippen LogP contribution in [0, 0.1) is 0 Å². The molecule has 136 valence electrons. The number of rotatable bonds is 6. The van der Waals surface area contributed by atoms with E-state index in [4.69, 9.17) is 9.31 Å². The van der Waals surface area contributed by atoms with E-state index >= 15 is 0 Å². The van der Waals surface area contributed by atoms with E-state index < -0.39 is 0 Å². The van der Waals surface area contributed by atoms with Gasteiger partial charge in [-0.25, -0.2) is 0 Å². The molecule has 0 atom stereocenters. The largest absolute Gasteiger partial charge is 0.494 e. The average molecular weight is 350 g/mol. The fourth-order valence-electron chi connectivity index (χ4n) is 3.05. The molecule has 4 heteroatoms. The Morgan fingerprint density at radius 2 is 1.46 bits per heavy atom. The molecule has 1 heterocycles. The molecule has 0 saturated carbocycles. The number of Topliss-reactive ketones (excluding diaryl/α,β-unsaturated/α-hetero) is 1. The second-order valence-corrected chi connectivity index (χ2v) is 7.97. The van der Waals surface area contributed by atoms with Crippen LogP contribution >= 0.6 is 0 Å². The first-order valence-electron chi connectivity index (χ1n) is 9.31. The maximum Gasteiger partial charge on any atom is 0.494 e. The van der Waals surface area contributed by atoms with Crippen molar-refractivity contribution in [2.24, 2.45) is 0 Å². The molecule has 26 heavy (non-hydrogen) atoms. The third-order valence-corrected chi connectivity index (χ3v) is 5.47. The Labute approximate surface area is 156 Å². The molecule has 0 bridgehead atoms. The molecule has 2 aromatic carbocycles. The van der Waals surface area contributed by atoms with Crippen molar-refractivity contribution in [1.29, 1.82) is 0 Å². The normalized spacial score (nSPS) is 18.1. The molecule has 0 radical (unpaired) electrons. The summed E-state index contributed by atoms with van der Waals surface area (Å²) in [6, 6.07) is 17.9. The van der Waals surface area contributed by atoms with Crippen LogP contribution in [0.4, 0.5) is 0 Å². The Morgan fingerprint density at radius 1 is 0.885 bits per heavy atom. The van der Waals surface area contributed by atoms with Gasteiger partial charge in [-0.15, -0.1) is 0 Å². The lowest BCUT2D eigenvalue weighted by molar-refractivity contribution is 0.00578. The van der Waals surface area contributed by atoms with Gasteiger partial charge in [-0.1, -0.05) is 54.6 Å². The van der Waals surface area contributed by atoms with Gasteiger partial charge in [-0.05, 0) is 51.6 Å². The zero-order chi connectivity index (χ0) is 18.8. The van der Waals surface area contributed by atoms with Gasteiger partial charge in [0.1, 0.15) is 0 Å². The summed E-state index contributed by atoms with van der Waals surface area (Å²) in [6.07, 6.45) is 2.35. The molecule has 0 spiro atoms. The Hall–Kier alpha value is -1.91. The van der Waals surface area contributed by atoms with Crippen molar-refractivity contribution >= 4 is 18.4 Å². The van der Waals surface area contributed by atoms with Gasteiger partial charge in [0, 0.05) is 12.0 Å². The highest BCUT2D eigenvalue weighted by Gasteiger charge is 2.51. The molecule has 3 rings (SSSR count). The number of benzene rings is 2. The molecular weight excluding hydrogens is 323 g/mol. The van der Waals surface area contributed by atoms with Crippen LogP contribution in [0.25, 0.3) is 0 Å². The zero-order valence-corrected chi connectivity index (χ0v) is 16.1. The van der Waals surface area contributed by atoms with Crippen molar-refractivity contribution in [3.8, 4) is 0 Å². The van der Waals surface area contributed by atoms with Gasteiger partial charge in [-0.3, -0.25) is 4.79 Å². The molecular formula is C22H27BO3. The third-order valence-electron chi connectivity index (χ3n) is 5.47. The summed E-state index contributed by atoms with van der Waals surface area (Å²) in [6.45, 7) is 8.16. The van der Waals surface area contributed by atoms with E-state index in [1.807, 2.05) is 70.2 Å². The Balaban J connectivity index is 1.57. The van der Waals surface area contributed by atoms with Crippen molar-refractivity contribution in [2.75, 3.05) is 0 Å². The van der Waals surface area contributed by atoms with E-state index in [1.54, 1.807) is 0 Å². The van der Waals surface area contributed by atoms with Crippen molar-refractivity contribution in [2.45, 2.75) is 58.2 Å². The van der Waals surface area contributed by atoms with Crippen LogP contribution < -0.4 is 5.46 Å². The number of aryl methyl sites for hydroxylation is 1. The van der Waals surface area contributed by atoms with Gasteiger partial charge >= 0.3 is 7.12 Å². The average Bonchev–Trinajstić information content (AvgIpc) is 2.83. The first kappa shape index (κ1) is 18.9. The van der Waals surface area contributed by atoms with Crippen LogP contribution in [0.1, 0.15) is 56.5 Å². The van der Waals surface area contributed by atoms with Crippen molar-refractivity contribution in [3.05, 3.63) is 65.7 Å². The summed E-state index contributed by atoms with van der Waals surface area (Å²) in [5.41, 5.74) is 2.26. The van der Waals surface area contributed by atoms with Crippen LogP contribution in [0.3, 0.4) is 0 Å². The lowest BCUT2D eigenvalue weighted by Crippen LogP contribution is -2.41. The Kier molecular flexibility index (Phi) is 5.35. The van der Waals surface area contributed by atoms with Crippen LogP contribution in [0.5, 0.6) is 0 Å². The molecule has 0 amide bonds. The molecule has 1 fully saturated rings. The minimum absolute atomic E-state index is 0.182. The highest BCUT2D eigenvalue weighted by Crippen LogP contribution is 2.36. The number of ketones is 1. The molecule has 0 aliphatic carbocycles. The van der Waals surface area contributed by atoms with Gasteiger partial charge in [0.15, 0.2) is 5.78 Å². The molecule has 0 unspecified atom stereocenters. The summed E-state index contributed by atoms with van der Waals surface area (Å²) >= 11 is 0. The smallest absolute Gasteiger partial charge is 0.399 e. The number of hydrogen-bond acceptors (Lipinski definition) is 3. The van der Waals surface area contributed by atoms with Crippen LogP contribution in [-0.2, 0) is 15.7 Å². The van der Waals surface area contributed by atoms with E-state index in [2.05, 4.69) is 12.1 Å². The molecule has 3 nitrogen and oxygen atoms in total. The van der Waals surface area contributed by atoms with Crippen LogP contribution in [0.2, 0.25) is 0 Å². The summed E-state index contributed by atoms with van der Waals surface area (Å²) in [7, 11) is -0.387. The SMILES string of the molecule is CC1(C)OB(c2ccc(C(=O)CCCc3ccccc3)cc2)OC1(C)C. The third kappa shape index (κ3) is 4.08. The predicted molar refractivity (Wildman–Crippen MR) is 106 cm³/mol. The quantitative estimate of drug-likeness (QED) is 0.579. The van der Waals surface area contributed by atoms with E-state index in [0.29, 0.717) is 6.42 Å². The van der Waals surface area contributed by atoms with Crippen LogP contribution in [0.15, 0.2) is 54.6 Å². The Bertz CT molecular complexity index is 735. The maximum absolute atomic E-state index is 12.4. The molecule has 0 N–H and O–H groups in total. The summed E-state index contributed by atoms with van der Waals surface area (Å²) in [5.74, 6) is 0.182. The van der Waals surface area contributed by atoms with Crippen molar-refractivity contribution in [1.82, 2.24) is 0 Å². The molecule has 0 aromatic heterocycles. The van der Waals surface area contributed by atoms with Crippen molar-refractivity contribution < 1.29 is 14.1 Å². The van der Waals surface area contributed by atoms with Gasteiger partial charge in [0.25, 0.3) is 0 Å². The maximum atomic E-state index is 12.4. The molecule has 1 aliphatic rings. The summed E-state index contributed by atoms with van der Waals surface area (Å²) in [4.78, 5) is 12.4. The number of carbonyl (C=O) groups is 1. The first-order chi connectivity index (χ1) is 12.3. The second kappa shape index (κ2) is 7.38. The zero-order valence-electron chi connectivity index (χ0n) is 16.1. The summed E-state index contributed by atoms with van der Waals surface area (Å²) in [5, 5.41) is 0. The molecule has 1 saturated heterocycles. The lowest BCUT2D eigenvalue weighted by Gasteiger charge is -2.32. The fraction of sp³-hybridized carbons (Fsp3) is 0.409. The summed E-state index contributed by atoms with van der Waals surface area (Å²) < 4.78 is 12.1. The van der Waals surface area contributed by atoms with E-state index in [1.165, 1.54) is 5.56 Å². The van der Waals surface area contributed by atoms with Crippen LogP contribution in [-0.4, -0.2) is 24.1 Å². The van der Waals surface area contributed by atoms with Crippen molar-refractivity contribution in [3.63, 3.8) is 0 Å². The van der Waals surface area contributed by atoms with E-state index in [0.717, 1.165) is 23.9 Å². The highest BCUT2D eigenvalue weighted by molar-refractivity contribution is 6.62. The standard InChI is InChI=1S/C22H27BO3/c1-21(2)22(3,4)26-23(25-21)19-15-13-18(14-16-19)20(24)12-8-11-17-9-6-5-7-10-17/h5-7,9-10,13-16H,8,11-12H2,1-4H3. The molecule has 1 aliphatic heterocycles. The van der Waals surface area contributed by atoms with E-state index in [-0.39, 0.29) is 24.1 Å². The second-order valence-electron chi connectivity index (χ2n) is 7.97. The Morgan fingerprint density at radius 3 is 2.04 bits per heavy atom. The minimum Gasteiger partial charge on any atom is -0.399 e. The fourth-order valence-corrected chi connectivity index (χ4v) is 3.05. The minimum atomic E-state index is -0.387. The van der Waals surface area contributed by atoms with Gasteiger partial charge in [-0.2, -0.15) is 0 Å². The van der Waals surface area contributed by atoms with Gasteiger partial charge < -0.3 is 9.31 Å². The van der Waals surface area contributed by atoms with E-state index in [9.17, 15) is 4.79 Å². The predicted octanol–water partition coefficient (Wildman–Crippen LogP) is 4.19. The number of carbonyl (C=O) groups excluding carboxylic acids is 1. The molecule has 2 aromatic rings.